The number of nitrogens with one attached hydrogen (secondary N) is 2. The number of nitrogens with zero attached hydrogens (tertiary/aromatic N) is 2. The summed E-state index contributed by atoms with van der Waals surface area (Å²) in [5, 5.41) is 10.8. The first-order valence-electron chi connectivity index (χ1n) is 8.43. The lowest BCUT2D eigenvalue weighted by atomic mass is 10.1. The minimum atomic E-state index is 0.0871. The molecule has 0 unspecified atom stereocenters. The molecule has 2 N–H and O–H groups in total. The molecule has 0 radical (unpaired) electrons. The molecule has 5 heteroatoms. The summed E-state index contributed by atoms with van der Waals surface area (Å²) in [4.78, 5) is 12.3. The number of para-hydroxylation sites is 2. The number of carbonyl (C=O) groups excluding carboxylic acids is 1. The molecule has 0 saturated heterocycles. The van der Waals surface area contributed by atoms with E-state index in [-0.39, 0.29) is 5.91 Å². The molecule has 0 aliphatic heterocycles. The van der Waals surface area contributed by atoms with E-state index >= 15 is 0 Å². The zero-order valence-electron chi connectivity index (χ0n) is 13.1. The van der Waals surface area contributed by atoms with Crippen LogP contribution in [0.4, 0.5) is 5.69 Å². The highest BCUT2D eigenvalue weighted by Crippen LogP contribution is 2.44. The summed E-state index contributed by atoms with van der Waals surface area (Å²) in [5.41, 5.74) is 1.87. The highest BCUT2D eigenvalue weighted by Gasteiger charge is 2.42. The second-order valence-electron chi connectivity index (χ2n) is 6.59. The Hall–Kier alpha value is -2.30. The minimum absolute atomic E-state index is 0.0871. The summed E-state index contributed by atoms with van der Waals surface area (Å²) in [6.45, 7) is 0.300. The summed E-state index contributed by atoms with van der Waals surface area (Å²) < 4.78 is 1.80. The van der Waals surface area contributed by atoms with E-state index < -0.39 is 0 Å². The van der Waals surface area contributed by atoms with Gasteiger partial charge in [-0.1, -0.05) is 12.1 Å². The molecular weight excluding hydrogens is 288 g/mol. The monoisotopic (exact) mass is 310 g/mol. The zero-order chi connectivity index (χ0) is 15.6. The lowest BCUT2D eigenvalue weighted by molar-refractivity contribution is -0.120. The highest BCUT2D eigenvalue weighted by molar-refractivity contribution is 5.82. The lowest BCUT2D eigenvalue weighted by Crippen LogP contribution is -2.41. The zero-order valence-corrected chi connectivity index (χ0v) is 13.1. The maximum atomic E-state index is 12.3. The van der Waals surface area contributed by atoms with Crippen molar-refractivity contribution in [2.75, 3.05) is 11.9 Å². The molecule has 2 aromatic rings. The molecule has 0 spiro atoms. The first kappa shape index (κ1) is 14.3. The number of benzene rings is 1. The van der Waals surface area contributed by atoms with E-state index in [1.165, 1.54) is 25.7 Å². The van der Waals surface area contributed by atoms with Crippen LogP contribution in [-0.2, 0) is 4.79 Å². The van der Waals surface area contributed by atoms with Gasteiger partial charge in [-0.3, -0.25) is 4.79 Å². The van der Waals surface area contributed by atoms with Gasteiger partial charge in [0.05, 0.1) is 17.9 Å². The Morgan fingerprint density at radius 2 is 1.91 bits per heavy atom. The van der Waals surface area contributed by atoms with Crippen molar-refractivity contribution in [1.29, 1.82) is 0 Å². The van der Waals surface area contributed by atoms with E-state index in [0.717, 1.165) is 23.2 Å². The summed E-state index contributed by atoms with van der Waals surface area (Å²) in [6.07, 6.45) is 8.75. The normalized spacial score (nSPS) is 17.3. The Bertz CT molecular complexity index is 662. The molecule has 5 nitrogen and oxygen atoms in total. The largest absolute Gasteiger partial charge is 0.374 e. The van der Waals surface area contributed by atoms with Crippen LogP contribution in [0, 0.1) is 11.8 Å². The van der Waals surface area contributed by atoms with Gasteiger partial charge in [-0.25, -0.2) is 4.68 Å². The summed E-state index contributed by atoms with van der Waals surface area (Å²) >= 11 is 0. The Balaban J connectivity index is 1.38. The van der Waals surface area contributed by atoms with Gasteiger partial charge >= 0.3 is 0 Å². The van der Waals surface area contributed by atoms with Crippen molar-refractivity contribution in [3.05, 3.63) is 42.7 Å². The number of rotatable bonds is 7. The molecule has 2 aliphatic carbocycles. The third-order valence-corrected chi connectivity index (χ3v) is 4.68. The second-order valence-corrected chi connectivity index (χ2v) is 6.59. The predicted octanol–water partition coefficient (Wildman–Crippen LogP) is 2.59. The summed E-state index contributed by atoms with van der Waals surface area (Å²) in [7, 11) is 0. The topological polar surface area (TPSA) is 59.0 Å². The van der Waals surface area contributed by atoms with Gasteiger partial charge in [0.1, 0.15) is 0 Å². The molecule has 0 bridgehead atoms. The van der Waals surface area contributed by atoms with Crippen molar-refractivity contribution in [2.45, 2.75) is 31.7 Å². The fraction of sp³-hybridized carbons (Fsp3) is 0.444. The molecule has 120 valence electrons. The van der Waals surface area contributed by atoms with E-state index in [4.69, 9.17) is 0 Å². The average Bonchev–Trinajstić information content (AvgIpc) is 3.50. The van der Waals surface area contributed by atoms with Gasteiger partial charge in [-0.15, -0.1) is 0 Å². The van der Waals surface area contributed by atoms with Crippen molar-refractivity contribution < 1.29 is 4.79 Å². The maximum absolute atomic E-state index is 12.3. The number of hydrogen-bond acceptors (Lipinski definition) is 3. The van der Waals surface area contributed by atoms with E-state index in [9.17, 15) is 4.79 Å². The molecule has 1 aromatic carbocycles. The number of aromatic nitrogens is 2. The van der Waals surface area contributed by atoms with Gasteiger partial charge in [0.2, 0.25) is 5.91 Å². The average molecular weight is 310 g/mol. The van der Waals surface area contributed by atoms with Crippen LogP contribution < -0.4 is 10.6 Å². The molecule has 2 aliphatic rings. The molecule has 2 saturated carbocycles. The van der Waals surface area contributed by atoms with Gasteiger partial charge in [-0.05, 0) is 55.7 Å². The summed E-state index contributed by atoms with van der Waals surface area (Å²) in [5.74, 6) is 1.54. The fourth-order valence-corrected chi connectivity index (χ4v) is 3.18. The Labute approximate surface area is 136 Å². The van der Waals surface area contributed by atoms with E-state index in [1.54, 1.807) is 10.9 Å². The summed E-state index contributed by atoms with van der Waals surface area (Å²) in [6, 6.07) is 10.2. The second kappa shape index (κ2) is 6.07. The fourth-order valence-electron chi connectivity index (χ4n) is 3.18. The van der Waals surface area contributed by atoms with Gasteiger partial charge in [0.25, 0.3) is 0 Å². The van der Waals surface area contributed by atoms with Gasteiger partial charge in [0.15, 0.2) is 0 Å². The molecule has 1 amide bonds. The number of amides is 1. The minimum Gasteiger partial charge on any atom is -0.374 e. The SMILES string of the molecule is O=C(CNc1ccccc1-n1cccn1)NC(C1CC1)C1CC1. The standard InChI is InChI=1S/C18H22N4O/c23-17(21-18(13-6-7-13)14-8-9-14)12-19-15-4-1-2-5-16(15)22-11-3-10-20-22/h1-5,10-11,13-14,18-19H,6-9,12H2,(H,21,23). The number of carbonyl (C=O) groups is 1. The molecule has 0 atom stereocenters. The predicted molar refractivity (Wildman–Crippen MR) is 89.4 cm³/mol. The maximum Gasteiger partial charge on any atom is 0.239 e. The van der Waals surface area contributed by atoms with E-state index in [2.05, 4.69) is 15.7 Å². The number of anilines is 1. The third kappa shape index (κ3) is 3.38. The molecule has 1 aromatic heterocycles. The molecular formula is C18H22N4O. The number of hydrogen-bond donors (Lipinski definition) is 2. The van der Waals surface area contributed by atoms with Crippen LogP contribution in [0.3, 0.4) is 0 Å². The van der Waals surface area contributed by atoms with Crippen molar-refractivity contribution in [3.8, 4) is 5.69 Å². The molecule has 4 rings (SSSR count). The van der Waals surface area contributed by atoms with E-state index in [1.807, 2.05) is 36.5 Å². The van der Waals surface area contributed by atoms with Crippen molar-refractivity contribution in [1.82, 2.24) is 15.1 Å². The van der Waals surface area contributed by atoms with Crippen molar-refractivity contribution >= 4 is 11.6 Å². The van der Waals surface area contributed by atoms with Crippen LogP contribution in [0.5, 0.6) is 0 Å². The van der Waals surface area contributed by atoms with Crippen LogP contribution >= 0.6 is 0 Å². The Kier molecular flexibility index (Phi) is 3.77. The molecule has 23 heavy (non-hydrogen) atoms. The van der Waals surface area contributed by atoms with Gasteiger partial charge in [0, 0.05) is 18.4 Å². The highest BCUT2D eigenvalue weighted by atomic mass is 16.2. The van der Waals surface area contributed by atoms with Crippen molar-refractivity contribution in [2.24, 2.45) is 11.8 Å². The van der Waals surface area contributed by atoms with Gasteiger partial charge < -0.3 is 10.6 Å². The lowest BCUT2D eigenvalue weighted by Gasteiger charge is -2.18. The van der Waals surface area contributed by atoms with Crippen LogP contribution in [0.1, 0.15) is 25.7 Å². The quantitative estimate of drug-likeness (QED) is 0.826. The van der Waals surface area contributed by atoms with Crippen molar-refractivity contribution in [3.63, 3.8) is 0 Å². The first-order valence-corrected chi connectivity index (χ1v) is 8.43. The van der Waals surface area contributed by atoms with Gasteiger partial charge in [-0.2, -0.15) is 5.10 Å². The molecule has 1 heterocycles. The van der Waals surface area contributed by atoms with E-state index in [0.29, 0.717) is 12.6 Å². The van der Waals surface area contributed by atoms with Crippen LogP contribution in [0.15, 0.2) is 42.7 Å². The first-order chi connectivity index (χ1) is 11.3. The smallest absolute Gasteiger partial charge is 0.239 e. The van der Waals surface area contributed by atoms with Crippen LogP contribution in [0.25, 0.3) is 5.69 Å². The van der Waals surface area contributed by atoms with Crippen LogP contribution in [0.2, 0.25) is 0 Å². The molecule has 2 fully saturated rings. The Morgan fingerprint density at radius 3 is 2.57 bits per heavy atom. The van der Waals surface area contributed by atoms with Crippen LogP contribution in [-0.4, -0.2) is 28.3 Å². The Morgan fingerprint density at radius 1 is 1.17 bits per heavy atom. The third-order valence-electron chi connectivity index (χ3n) is 4.68.